The van der Waals surface area contributed by atoms with Gasteiger partial charge in [-0.15, -0.1) is 0 Å². The van der Waals surface area contributed by atoms with E-state index in [0.29, 0.717) is 17.7 Å². The molecular weight excluding hydrogens is 154 g/mol. The number of pyridine rings is 1. The largest absolute Gasteiger partial charge is 0.478 e. The second kappa shape index (κ2) is 3.34. The lowest BCUT2D eigenvalue weighted by Crippen LogP contribution is -2.06. The van der Waals surface area contributed by atoms with Gasteiger partial charge in [0.05, 0.1) is 11.3 Å². The molecule has 1 rings (SSSR count). The summed E-state index contributed by atoms with van der Waals surface area (Å²) in [5.41, 5.74) is 1.77. The third-order valence-corrected chi connectivity index (χ3v) is 1.79. The molecule has 1 N–H and O–H groups in total. The zero-order valence-electron chi connectivity index (χ0n) is 7.16. The topological polar surface area (TPSA) is 50.2 Å². The number of carboxylic acids is 1. The minimum atomic E-state index is -0.891. The molecule has 3 nitrogen and oxygen atoms in total. The van der Waals surface area contributed by atoms with Crippen LogP contribution < -0.4 is 0 Å². The van der Waals surface area contributed by atoms with Gasteiger partial charge in [-0.25, -0.2) is 4.79 Å². The molecule has 64 valence electrons. The summed E-state index contributed by atoms with van der Waals surface area (Å²) in [5.74, 6) is -0.891. The van der Waals surface area contributed by atoms with Crippen LogP contribution in [-0.4, -0.2) is 16.1 Å². The molecule has 0 bridgehead atoms. The van der Waals surface area contributed by atoms with Crippen molar-refractivity contribution in [3.05, 3.63) is 29.1 Å². The Bertz CT molecular complexity index is 307. The van der Waals surface area contributed by atoms with Crippen molar-refractivity contribution in [2.24, 2.45) is 0 Å². The van der Waals surface area contributed by atoms with E-state index in [1.807, 2.05) is 6.92 Å². The van der Waals surface area contributed by atoms with Gasteiger partial charge >= 0.3 is 5.97 Å². The van der Waals surface area contributed by atoms with Gasteiger partial charge in [-0.05, 0) is 25.0 Å². The first-order valence-corrected chi connectivity index (χ1v) is 3.84. The Morgan fingerprint density at radius 3 is 2.75 bits per heavy atom. The molecule has 0 saturated heterocycles. The van der Waals surface area contributed by atoms with E-state index in [4.69, 9.17) is 5.11 Å². The maximum atomic E-state index is 10.8. The second-order valence-electron chi connectivity index (χ2n) is 2.61. The fraction of sp³-hybridized carbons (Fsp3) is 0.333. The fourth-order valence-electron chi connectivity index (χ4n) is 1.17. The van der Waals surface area contributed by atoms with E-state index in [-0.39, 0.29) is 0 Å². The van der Waals surface area contributed by atoms with Crippen LogP contribution in [0.2, 0.25) is 0 Å². The minimum absolute atomic E-state index is 0.347. The zero-order valence-corrected chi connectivity index (χ0v) is 7.16. The summed E-state index contributed by atoms with van der Waals surface area (Å²) >= 11 is 0. The van der Waals surface area contributed by atoms with Crippen molar-refractivity contribution in [2.45, 2.75) is 20.3 Å². The number of nitrogens with zero attached hydrogens (tertiary/aromatic N) is 1. The van der Waals surface area contributed by atoms with Gasteiger partial charge in [-0.3, -0.25) is 4.98 Å². The average molecular weight is 165 g/mol. The van der Waals surface area contributed by atoms with Crippen molar-refractivity contribution >= 4 is 5.97 Å². The molecule has 0 aromatic carbocycles. The highest BCUT2D eigenvalue weighted by Gasteiger charge is 2.11. The molecule has 0 radical (unpaired) electrons. The summed E-state index contributed by atoms with van der Waals surface area (Å²) < 4.78 is 0. The van der Waals surface area contributed by atoms with E-state index < -0.39 is 5.97 Å². The molecule has 0 fully saturated rings. The van der Waals surface area contributed by atoms with E-state index in [9.17, 15) is 4.79 Å². The summed E-state index contributed by atoms with van der Waals surface area (Å²) in [6.07, 6.45) is 2.30. The van der Waals surface area contributed by atoms with Gasteiger partial charge in [0.2, 0.25) is 0 Å². The molecule has 3 heteroatoms. The van der Waals surface area contributed by atoms with Crippen LogP contribution in [0.5, 0.6) is 0 Å². The molecule has 1 heterocycles. The second-order valence-corrected chi connectivity index (χ2v) is 2.61. The van der Waals surface area contributed by atoms with Crippen molar-refractivity contribution in [3.8, 4) is 0 Å². The molecule has 0 unspecified atom stereocenters. The number of carbonyl (C=O) groups is 1. The summed E-state index contributed by atoms with van der Waals surface area (Å²) in [7, 11) is 0. The van der Waals surface area contributed by atoms with Crippen molar-refractivity contribution in [3.63, 3.8) is 0 Å². The number of aromatic carboxylic acids is 1. The lowest BCUT2D eigenvalue weighted by atomic mass is 10.1. The molecule has 0 aliphatic carbocycles. The average Bonchev–Trinajstić information content (AvgIpc) is 2.03. The Kier molecular flexibility index (Phi) is 2.43. The number of hydrogen-bond donors (Lipinski definition) is 1. The Labute approximate surface area is 71.1 Å². The van der Waals surface area contributed by atoms with Gasteiger partial charge in [-0.2, -0.15) is 0 Å². The molecular formula is C9H11NO2. The van der Waals surface area contributed by atoms with Crippen LogP contribution in [0.1, 0.15) is 28.5 Å². The molecule has 0 spiro atoms. The first-order chi connectivity index (χ1) is 5.66. The Morgan fingerprint density at radius 2 is 2.33 bits per heavy atom. The highest BCUT2D eigenvalue weighted by atomic mass is 16.4. The Hall–Kier alpha value is -1.38. The Balaban J connectivity index is 3.29. The summed E-state index contributed by atoms with van der Waals surface area (Å²) in [6.45, 7) is 3.68. The zero-order chi connectivity index (χ0) is 9.14. The SMILES string of the molecule is CCc1nccc(C)c1C(=O)O. The Morgan fingerprint density at radius 1 is 1.67 bits per heavy atom. The number of aromatic nitrogens is 1. The number of hydrogen-bond acceptors (Lipinski definition) is 2. The van der Waals surface area contributed by atoms with Crippen LogP contribution in [0.15, 0.2) is 12.3 Å². The van der Waals surface area contributed by atoms with Gasteiger partial charge in [0, 0.05) is 6.20 Å². The highest BCUT2D eigenvalue weighted by molar-refractivity contribution is 5.90. The van der Waals surface area contributed by atoms with Gasteiger partial charge in [0.15, 0.2) is 0 Å². The molecule has 0 aliphatic rings. The number of carboxylic acid groups (broad SMARTS) is 1. The van der Waals surface area contributed by atoms with Gasteiger partial charge in [0.25, 0.3) is 0 Å². The van der Waals surface area contributed by atoms with E-state index >= 15 is 0 Å². The molecule has 0 atom stereocenters. The van der Waals surface area contributed by atoms with Crippen molar-refractivity contribution in [1.82, 2.24) is 4.98 Å². The van der Waals surface area contributed by atoms with Crippen LogP contribution in [-0.2, 0) is 6.42 Å². The van der Waals surface area contributed by atoms with Crippen LogP contribution in [0, 0.1) is 6.92 Å². The normalized spacial score (nSPS) is 9.83. The van der Waals surface area contributed by atoms with Crippen molar-refractivity contribution in [2.75, 3.05) is 0 Å². The minimum Gasteiger partial charge on any atom is -0.478 e. The van der Waals surface area contributed by atoms with Crippen LogP contribution in [0.25, 0.3) is 0 Å². The monoisotopic (exact) mass is 165 g/mol. The molecule has 0 amide bonds. The molecule has 1 aromatic rings. The smallest absolute Gasteiger partial charge is 0.337 e. The fourth-order valence-corrected chi connectivity index (χ4v) is 1.17. The first kappa shape index (κ1) is 8.71. The lowest BCUT2D eigenvalue weighted by molar-refractivity contribution is 0.0694. The van der Waals surface area contributed by atoms with Crippen LogP contribution in [0.3, 0.4) is 0 Å². The first-order valence-electron chi connectivity index (χ1n) is 3.84. The van der Waals surface area contributed by atoms with Gasteiger partial charge in [-0.1, -0.05) is 6.92 Å². The van der Waals surface area contributed by atoms with Gasteiger partial charge in [0.1, 0.15) is 0 Å². The van der Waals surface area contributed by atoms with Crippen molar-refractivity contribution < 1.29 is 9.90 Å². The number of rotatable bonds is 2. The lowest BCUT2D eigenvalue weighted by Gasteiger charge is -2.04. The van der Waals surface area contributed by atoms with E-state index in [0.717, 1.165) is 5.56 Å². The third kappa shape index (κ3) is 1.44. The van der Waals surface area contributed by atoms with Crippen LogP contribution >= 0.6 is 0 Å². The maximum absolute atomic E-state index is 10.8. The van der Waals surface area contributed by atoms with Crippen molar-refractivity contribution in [1.29, 1.82) is 0 Å². The summed E-state index contributed by atoms with van der Waals surface area (Å²) in [5, 5.41) is 8.84. The third-order valence-electron chi connectivity index (χ3n) is 1.79. The maximum Gasteiger partial charge on any atom is 0.337 e. The molecule has 12 heavy (non-hydrogen) atoms. The standard InChI is InChI=1S/C9H11NO2/c1-3-7-8(9(11)12)6(2)4-5-10-7/h4-5H,3H2,1-2H3,(H,11,12). The predicted octanol–water partition coefficient (Wildman–Crippen LogP) is 1.65. The van der Waals surface area contributed by atoms with E-state index in [1.165, 1.54) is 0 Å². The van der Waals surface area contributed by atoms with Gasteiger partial charge < -0.3 is 5.11 Å². The predicted molar refractivity (Wildman–Crippen MR) is 45.3 cm³/mol. The highest BCUT2D eigenvalue weighted by Crippen LogP contribution is 2.11. The molecule has 1 aromatic heterocycles. The number of aryl methyl sites for hydroxylation is 2. The van der Waals surface area contributed by atoms with Crippen LogP contribution in [0.4, 0.5) is 0 Å². The summed E-state index contributed by atoms with van der Waals surface area (Å²) in [4.78, 5) is 14.8. The summed E-state index contributed by atoms with van der Waals surface area (Å²) in [6, 6.07) is 1.71. The van der Waals surface area contributed by atoms with E-state index in [2.05, 4.69) is 4.98 Å². The van der Waals surface area contributed by atoms with E-state index in [1.54, 1.807) is 19.2 Å². The molecule has 0 aliphatic heterocycles. The molecule has 0 saturated carbocycles. The quantitative estimate of drug-likeness (QED) is 0.724.